The zero-order valence-corrected chi connectivity index (χ0v) is 8.78. The van der Waals surface area contributed by atoms with Crippen molar-refractivity contribution < 1.29 is 13.2 Å². The lowest BCUT2D eigenvalue weighted by molar-refractivity contribution is -0.138. The summed E-state index contributed by atoms with van der Waals surface area (Å²) in [5.74, 6) is 0.335. The van der Waals surface area contributed by atoms with Crippen molar-refractivity contribution in [3.63, 3.8) is 0 Å². The van der Waals surface area contributed by atoms with Gasteiger partial charge >= 0.3 is 6.18 Å². The third-order valence-corrected chi connectivity index (χ3v) is 2.39. The Morgan fingerprint density at radius 2 is 1.88 bits per heavy atom. The minimum absolute atomic E-state index is 0.00845. The van der Waals surface area contributed by atoms with Crippen LogP contribution in [0.4, 0.5) is 19.0 Å². The van der Waals surface area contributed by atoms with E-state index in [1.54, 1.807) is 6.07 Å². The Hall–Kier alpha value is -1.98. The van der Waals surface area contributed by atoms with Crippen LogP contribution >= 0.6 is 0 Å². The molecule has 2 N–H and O–H groups in total. The summed E-state index contributed by atoms with van der Waals surface area (Å²) >= 11 is 0. The predicted molar refractivity (Wildman–Crippen MR) is 57.2 cm³/mol. The number of rotatable bonds is 2. The molecule has 0 spiro atoms. The van der Waals surface area contributed by atoms with E-state index in [0.29, 0.717) is 5.82 Å². The maximum absolute atomic E-state index is 12.7. The largest absolute Gasteiger partial charge is 0.416 e. The highest BCUT2D eigenvalue weighted by Crippen LogP contribution is 2.32. The van der Waals surface area contributed by atoms with Crippen LogP contribution in [0.2, 0.25) is 0 Å². The molecule has 0 amide bonds. The van der Waals surface area contributed by atoms with Crippen molar-refractivity contribution in [3.8, 4) is 0 Å². The Morgan fingerprint density at radius 3 is 2.47 bits per heavy atom. The van der Waals surface area contributed by atoms with Crippen molar-refractivity contribution in [2.45, 2.75) is 12.7 Å². The van der Waals surface area contributed by atoms with Gasteiger partial charge in [0.2, 0.25) is 0 Å². The second kappa shape index (κ2) is 4.12. The van der Waals surface area contributed by atoms with Gasteiger partial charge in [0.25, 0.3) is 0 Å². The molecule has 0 bridgehead atoms. The molecule has 3 nitrogen and oxygen atoms in total. The highest BCUT2D eigenvalue weighted by atomic mass is 19.4. The van der Waals surface area contributed by atoms with Gasteiger partial charge in [0.15, 0.2) is 0 Å². The van der Waals surface area contributed by atoms with Gasteiger partial charge in [0.1, 0.15) is 5.82 Å². The summed E-state index contributed by atoms with van der Waals surface area (Å²) in [5.41, 5.74) is 5.06. The Morgan fingerprint density at radius 1 is 1.18 bits per heavy atom. The normalized spacial score (nSPS) is 11.7. The first kappa shape index (κ1) is 11.5. The smallest absolute Gasteiger partial charge is 0.384 e. The van der Waals surface area contributed by atoms with Crippen molar-refractivity contribution in [1.29, 1.82) is 0 Å². The number of alkyl halides is 3. The molecule has 0 unspecified atom stereocenters. The van der Waals surface area contributed by atoms with Gasteiger partial charge in [0, 0.05) is 0 Å². The Kier molecular flexibility index (Phi) is 2.79. The molecule has 6 heteroatoms. The summed E-state index contributed by atoms with van der Waals surface area (Å²) in [7, 11) is 0. The number of halogens is 3. The maximum Gasteiger partial charge on any atom is 0.416 e. The summed E-state index contributed by atoms with van der Waals surface area (Å²) in [5, 5.41) is 3.86. The van der Waals surface area contributed by atoms with Crippen LogP contribution in [-0.2, 0) is 12.7 Å². The average molecular weight is 241 g/mol. The molecule has 0 aliphatic carbocycles. The van der Waals surface area contributed by atoms with Gasteiger partial charge in [-0.15, -0.1) is 0 Å². The predicted octanol–water partition coefficient (Wildman–Crippen LogP) is 2.53. The molecular formula is C11H10F3N3. The first-order valence-corrected chi connectivity index (χ1v) is 4.91. The van der Waals surface area contributed by atoms with E-state index >= 15 is 0 Å². The zero-order chi connectivity index (χ0) is 12.5. The van der Waals surface area contributed by atoms with E-state index in [2.05, 4.69) is 5.10 Å². The number of hydrogen-bond acceptors (Lipinski definition) is 2. The number of aromatic nitrogens is 2. The lowest BCUT2D eigenvalue weighted by Gasteiger charge is -2.13. The fraction of sp³-hybridized carbons (Fsp3) is 0.182. The minimum Gasteiger partial charge on any atom is -0.384 e. The van der Waals surface area contributed by atoms with E-state index < -0.39 is 11.7 Å². The minimum atomic E-state index is -4.36. The number of hydrogen-bond donors (Lipinski definition) is 1. The lowest BCUT2D eigenvalue weighted by atomic mass is 10.1. The summed E-state index contributed by atoms with van der Waals surface area (Å²) in [4.78, 5) is 0. The van der Waals surface area contributed by atoms with Crippen LogP contribution < -0.4 is 5.73 Å². The molecule has 0 saturated carbocycles. The fourth-order valence-corrected chi connectivity index (χ4v) is 1.57. The van der Waals surface area contributed by atoms with Crippen LogP contribution in [-0.4, -0.2) is 9.78 Å². The molecule has 2 aromatic rings. The molecule has 1 aromatic carbocycles. The molecule has 90 valence electrons. The van der Waals surface area contributed by atoms with E-state index in [0.717, 1.165) is 6.07 Å². The molecule has 0 saturated heterocycles. The molecule has 1 heterocycles. The van der Waals surface area contributed by atoms with Gasteiger partial charge in [-0.3, -0.25) is 0 Å². The second-order valence-corrected chi connectivity index (χ2v) is 3.57. The summed E-state index contributed by atoms with van der Waals surface area (Å²) in [6, 6.07) is 6.93. The van der Waals surface area contributed by atoms with E-state index in [1.807, 2.05) is 0 Å². The first-order valence-electron chi connectivity index (χ1n) is 4.91. The highest BCUT2D eigenvalue weighted by Gasteiger charge is 2.32. The van der Waals surface area contributed by atoms with E-state index in [9.17, 15) is 13.2 Å². The van der Waals surface area contributed by atoms with Crippen LogP contribution in [0.25, 0.3) is 0 Å². The molecule has 0 aliphatic rings. The Bertz CT molecular complexity index is 517. The second-order valence-electron chi connectivity index (χ2n) is 3.57. The maximum atomic E-state index is 12.7. The lowest BCUT2D eigenvalue weighted by Crippen LogP contribution is -2.13. The molecule has 2 rings (SSSR count). The van der Waals surface area contributed by atoms with Crippen LogP contribution in [0.1, 0.15) is 11.1 Å². The van der Waals surface area contributed by atoms with E-state index in [-0.39, 0.29) is 12.1 Å². The number of anilines is 1. The summed E-state index contributed by atoms with van der Waals surface area (Å²) in [6.45, 7) is 0.00845. The van der Waals surface area contributed by atoms with Crippen LogP contribution in [0, 0.1) is 0 Å². The van der Waals surface area contributed by atoms with Gasteiger partial charge in [-0.05, 0) is 17.7 Å². The standard InChI is InChI=1S/C11H10F3N3/c12-11(13,14)9-4-2-1-3-8(9)7-17-10(15)5-6-16-17/h1-6H,7,15H2. The van der Waals surface area contributed by atoms with Crippen LogP contribution in [0.5, 0.6) is 0 Å². The molecular weight excluding hydrogens is 231 g/mol. The van der Waals surface area contributed by atoms with E-state index in [4.69, 9.17) is 5.73 Å². The number of benzene rings is 1. The Balaban J connectivity index is 2.37. The number of nitrogen functional groups attached to an aromatic ring is 1. The third kappa shape index (κ3) is 2.41. The van der Waals surface area contributed by atoms with Gasteiger partial charge < -0.3 is 5.73 Å². The number of nitrogens with zero attached hydrogens (tertiary/aromatic N) is 2. The molecule has 1 aromatic heterocycles. The average Bonchev–Trinajstić information content (AvgIpc) is 2.64. The molecule has 0 aliphatic heterocycles. The van der Waals surface area contributed by atoms with Crippen molar-refractivity contribution >= 4 is 5.82 Å². The topological polar surface area (TPSA) is 43.8 Å². The first-order chi connectivity index (χ1) is 7.98. The van der Waals surface area contributed by atoms with Gasteiger partial charge in [0.05, 0.1) is 18.3 Å². The highest BCUT2D eigenvalue weighted by molar-refractivity contribution is 5.32. The molecule has 0 fully saturated rings. The summed E-state index contributed by atoms with van der Waals surface area (Å²) in [6.07, 6.45) is -2.91. The number of nitrogens with two attached hydrogens (primary N) is 1. The molecule has 0 radical (unpaired) electrons. The quantitative estimate of drug-likeness (QED) is 0.878. The van der Waals surface area contributed by atoms with Crippen LogP contribution in [0.3, 0.4) is 0 Å². The third-order valence-electron chi connectivity index (χ3n) is 2.39. The van der Waals surface area contributed by atoms with Gasteiger partial charge in [-0.2, -0.15) is 18.3 Å². The molecule has 0 atom stereocenters. The van der Waals surface area contributed by atoms with Crippen molar-refractivity contribution in [2.24, 2.45) is 0 Å². The van der Waals surface area contributed by atoms with Gasteiger partial charge in [-0.1, -0.05) is 18.2 Å². The zero-order valence-electron chi connectivity index (χ0n) is 8.78. The van der Waals surface area contributed by atoms with Gasteiger partial charge in [-0.25, -0.2) is 4.68 Å². The van der Waals surface area contributed by atoms with Crippen molar-refractivity contribution in [3.05, 3.63) is 47.7 Å². The monoisotopic (exact) mass is 241 g/mol. The van der Waals surface area contributed by atoms with Crippen molar-refractivity contribution in [2.75, 3.05) is 5.73 Å². The fourth-order valence-electron chi connectivity index (χ4n) is 1.57. The summed E-state index contributed by atoms with van der Waals surface area (Å²) < 4.78 is 39.5. The van der Waals surface area contributed by atoms with Crippen LogP contribution in [0.15, 0.2) is 36.5 Å². The Labute approximate surface area is 95.7 Å². The van der Waals surface area contributed by atoms with Crippen molar-refractivity contribution in [1.82, 2.24) is 9.78 Å². The molecule has 17 heavy (non-hydrogen) atoms. The SMILES string of the molecule is Nc1ccnn1Cc1ccccc1C(F)(F)F. The van der Waals surface area contributed by atoms with E-state index in [1.165, 1.54) is 29.1 Å².